The van der Waals surface area contributed by atoms with Crippen molar-refractivity contribution in [3.8, 4) is 0 Å². The first-order valence-electron chi connectivity index (χ1n) is 3.88. The molecule has 5 N–H and O–H groups in total. The average molecular weight is 210 g/mol. The van der Waals surface area contributed by atoms with Gasteiger partial charge in [0, 0.05) is 0 Å². The number of amides is 1. The van der Waals surface area contributed by atoms with E-state index in [2.05, 4.69) is 10.3 Å². The standard InChI is InChI=1S/C8H10N4OS/c9-6(13)4-11-7-3-1-2-5(12-7)8(10)14/h1-3H,4H2,(H2,9,13)(H2,10,14)(H,11,12). The summed E-state index contributed by atoms with van der Waals surface area (Å²) in [5.74, 6) is 0.0710. The molecule has 1 amide bonds. The zero-order valence-electron chi connectivity index (χ0n) is 7.36. The molecular formula is C8H10N4OS. The maximum Gasteiger partial charge on any atom is 0.236 e. The molecule has 0 saturated carbocycles. The molecule has 5 nitrogen and oxygen atoms in total. The van der Waals surface area contributed by atoms with Crippen LogP contribution < -0.4 is 16.8 Å². The third-order valence-corrected chi connectivity index (χ3v) is 1.65. The number of aromatic nitrogens is 1. The maximum atomic E-state index is 10.5. The number of pyridine rings is 1. The van der Waals surface area contributed by atoms with Gasteiger partial charge in [0.1, 0.15) is 10.8 Å². The molecule has 0 fully saturated rings. The van der Waals surface area contributed by atoms with Gasteiger partial charge in [-0.25, -0.2) is 4.98 Å². The highest BCUT2D eigenvalue weighted by Gasteiger charge is 2.00. The van der Waals surface area contributed by atoms with Crippen molar-refractivity contribution in [2.24, 2.45) is 11.5 Å². The van der Waals surface area contributed by atoms with Crippen LogP contribution in [0.5, 0.6) is 0 Å². The first-order chi connectivity index (χ1) is 6.59. The Balaban J connectivity index is 2.73. The number of anilines is 1. The van der Waals surface area contributed by atoms with Crippen LogP contribution in [-0.4, -0.2) is 22.4 Å². The quantitative estimate of drug-likeness (QED) is 0.588. The summed E-state index contributed by atoms with van der Waals surface area (Å²) in [5.41, 5.74) is 10.9. The Kier molecular flexibility index (Phi) is 3.35. The minimum Gasteiger partial charge on any atom is -0.388 e. The van der Waals surface area contributed by atoms with Gasteiger partial charge in [0.2, 0.25) is 5.91 Å². The number of carbonyl (C=O) groups excluding carboxylic acids is 1. The highest BCUT2D eigenvalue weighted by Crippen LogP contribution is 2.03. The van der Waals surface area contributed by atoms with Gasteiger partial charge in [-0.2, -0.15) is 0 Å². The summed E-state index contributed by atoms with van der Waals surface area (Å²) < 4.78 is 0. The van der Waals surface area contributed by atoms with Crippen LogP contribution in [0.2, 0.25) is 0 Å². The molecule has 14 heavy (non-hydrogen) atoms. The number of rotatable bonds is 4. The summed E-state index contributed by atoms with van der Waals surface area (Å²) in [6, 6.07) is 5.13. The Labute approximate surface area is 86.5 Å². The molecule has 1 aromatic heterocycles. The largest absolute Gasteiger partial charge is 0.388 e. The SMILES string of the molecule is NC(=O)CNc1cccc(C(N)=S)n1. The number of hydrogen-bond donors (Lipinski definition) is 3. The van der Waals surface area contributed by atoms with Crippen LogP contribution in [0.3, 0.4) is 0 Å². The minimum absolute atomic E-state index is 0.0355. The zero-order valence-corrected chi connectivity index (χ0v) is 8.17. The van der Waals surface area contributed by atoms with Crippen molar-refractivity contribution in [1.82, 2.24) is 4.98 Å². The lowest BCUT2D eigenvalue weighted by molar-refractivity contribution is -0.116. The van der Waals surface area contributed by atoms with Gasteiger partial charge >= 0.3 is 0 Å². The average Bonchev–Trinajstić information content (AvgIpc) is 2.15. The van der Waals surface area contributed by atoms with Crippen LogP contribution in [0.25, 0.3) is 0 Å². The number of nitrogens with one attached hydrogen (secondary N) is 1. The molecule has 0 aliphatic heterocycles. The summed E-state index contributed by atoms with van der Waals surface area (Å²) in [6.45, 7) is 0.0355. The van der Waals surface area contributed by atoms with Crippen molar-refractivity contribution < 1.29 is 4.79 Å². The lowest BCUT2D eigenvalue weighted by Crippen LogP contribution is -2.22. The highest BCUT2D eigenvalue weighted by atomic mass is 32.1. The number of nitrogens with two attached hydrogens (primary N) is 2. The van der Waals surface area contributed by atoms with E-state index in [0.717, 1.165) is 0 Å². The normalized spacial score (nSPS) is 9.43. The third-order valence-electron chi connectivity index (χ3n) is 1.45. The molecule has 0 aromatic carbocycles. The van der Waals surface area contributed by atoms with Crippen LogP contribution >= 0.6 is 12.2 Å². The second kappa shape index (κ2) is 4.52. The fourth-order valence-electron chi connectivity index (χ4n) is 0.848. The summed E-state index contributed by atoms with van der Waals surface area (Å²) in [4.78, 5) is 14.7. The summed E-state index contributed by atoms with van der Waals surface area (Å²) in [7, 11) is 0. The zero-order chi connectivity index (χ0) is 10.6. The van der Waals surface area contributed by atoms with E-state index in [9.17, 15) is 4.79 Å². The number of carbonyl (C=O) groups is 1. The van der Waals surface area contributed by atoms with Gasteiger partial charge in [-0.1, -0.05) is 18.3 Å². The van der Waals surface area contributed by atoms with Gasteiger partial charge in [0.05, 0.1) is 12.2 Å². The van der Waals surface area contributed by atoms with Crippen molar-refractivity contribution >= 4 is 28.9 Å². The Morgan fingerprint density at radius 2 is 2.21 bits per heavy atom. The van der Waals surface area contributed by atoms with Crippen LogP contribution in [0.15, 0.2) is 18.2 Å². The van der Waals surface area contributed by atoms with E-state index >= 15 is 0 Å². The van der Waals surface area contributed by atoms with Gasteiger partial charge in [-0.05, 0) is 12.1 Å². The summed E-state index contributed by atoms with van der Waals surface area (Å²) >= 11 is 4.75. The molecule has 1 heterocycles. The van der Waals surface area contributed by atoms with E-state index < -0.39 is 5.91 Å². The second-order valence-electron chi connectivity index (χ2n) is 2.59. The lowest BCUT2D eigenvalue weighted by Gasteiger charge is -2.04. The van der Waals surface area contributed by atoms with E-state index in [1.165, 1.54) is 0 Å². The molecule has 0 aliphatic carbocycles. The molecule has 1 rings (SSSR count). The number of hydrogen-bond acceptors (Lipinski definition) is 4. The summed E-state index contributed by atoms with van der Waals surface area (Å²) in [6.07, 6.45) is 0. The van der Waals surface area contributed by atoms with Crippen molar-refractivity contribution in [1.29, 1.82) is 0 Å². The van der Waals surface area contributed by atoms with Crippen molar-refractivity contribution in [2.45, 2.75) is 0 Å². The van der Waals surface area contributed by atoms with E-state index in [4.69, 9.17) is 23.7 Å². The first-order valence-corrected chi connectivity index (χ1v) is 4.29. The topological polar surface area (TPSA) is 94.0 Å². The number of primary amides is 1. The smallest absolute Gasteiger partial charge is 0.236 e. The van der Waals surface area contributed by atoms with Crippen LogP contribution in [0.1, 0.15) is 5.69 Å². The highest BCUT2D eigenvalue weighted by molar-refractivity contribution is 7.80. The third kappa shape index (κ3) is 2.98. The van der Waals surface area contributed by atoms with E-state index in [1.807, 2.05) is 0 Å². The molecule has 74 valence electrons. The number of thiocarbonyl (C=S) groups is 1. The molecule has 0 bridgehead atoms. The Bertz CT molecular complexity index is 366. The predicted molar refractivity (Wildman–Crippen MR) is 57.8 cm³/mol. The van der Waals surface area contributed by atoms with Gasteiger partial charge in [-0.15, -0.1) is 0 Å². The van der Waals surface area contributed by atoms with Crippen molar-refractivity contribution in [2.75, 3.05) is 11.9 Å². The Morgan fingerprint density at radius 1 is 1.50 bits per heavy atom. The van der Waals surface area contributed by atoms with E-state index in [1.54, 1.807) is 18.2 Å². The van der Waals surface area contributed by atoms with Gasteiger partial charge < -0.3 is 16.8 Å². The van der Waals surface area contributed by atoms with Gasteiger partial charge in [-0.3, -0.25) is 4.79 Å². The molecule has 0 saturated heterocycles. The molecular weight excluding hydrogens is 200 g/mol. The second-order valence-corrected chi connectivity index (χ2v) is 3.03. The molecule has 1 aromatic rings. The summed E-state index contributed by atoms with van der Waals surface area (Å²) in [5, 5.41) is 2.74. The number of nitrogens with zero attached hydrogens (tertiary/aromatic N) is 1. The molecule has 0 aliphatic rings. The monoisotopic (exact) mass is 210 g/mol. The lowest BCUT2D eigenvalue weighted by atomic mass is 10.3. The van der Waals surface area contributed by atoms with E-state index in [-0.39, 0.29) is 11.5 Å². The van der Waals surface area contributed by atoms with E-state index in [0.29, 0.717) is 11.5 Å². The minimum atomic E-state index is -0.451. The van der Waals surface area contributed by atoms with Gasteiger partial charge in [0.25, 0.3) is 0 Å². The van der Waals surface area contributed by atoms with Crippen molar-refractivity contribution in [3.05, 3.63) is 23.9 Å². The van der Waals surface area contributed by atoms with Crippen LogP contribution in [-0.2, 0) is 4.79 Å². The van der Waals surface area contributed by atoms with Crippen LogP contribution in [0, 0.1) is 0 Å². The molecule has 0 atom stereocenters. The molecule has 0 unspecified atom stereocenters. The van der Waals surface area contributed by atoms with Crippen LogP contribution in [0.4, 0.5) is 5.82 Å². The molecule has 6 heteroatoms. The first kappa shape index (κ1) is 10.4. The predicted octanol–water partition coefficient (Wildman–Crippen LogP) is -0.387. The molecule has 0 radical (unpaired) electrons. The molecule has 0 spiro atoms. The maximum absolute atomic E-state index is 10.5. The fraction of sp³-hybridized carbons (Fsp3) is 0.125. The fourth-order valence-corrected chi connectivity index (χ4v) is 0.962. The van der Waals surface area contributed by atoms with Crippen molar-refractivity contribution in [3.63, 3.8) is 0 Å². The Morgan fingerprint density at radius 3 is 2.79 bits per heavy atom. The van der Waals surface area contributed by atoms with Gasteiger partial charge in [0.15, 0.2) is 0 Å². The Hall–Kier alpha value is -1.69.